The first-order valence-electron chi connectivity index (χ1n) is 15.7. The highest BCUT2D eigenvalue weighted by Gasteiger charge is 2.46. The van der Waals surface area contributed by atoms with Crippen LogP contribution < -0.4 is 15.2 Å². The van der Waals surface area contributed by atoms with Crippen LogP contribution in [0.3, 0.4) is 0 Å². The molecule has 234 valence electrons. The van der Waals surface area contributed by atoms with Gasteiger partial charge in [-0.2, -0.15) is 0 Å². The van der Waals surface area contributed by atoms with Crippen LogP contribution in [0.25, 0.3) is 0 Å². The molecule has 0 bridgehead atoms. The van der Waals surface area contributed by atoms with Crippen molar-refractivity contribution in [3.8, 4) is 11.5 Å². The van der Waals surface area contributed by atoms with Crippen molar-refractivity contribution >= 4 is 22.8 Å². The summed E-state index contributed by atoms with van der Waals surface area (Å²) in [6, 6.07) is 16.0. The Balaban J connectivity index is 1.20. The third-order valence-corrected chi connectivity index (χ3v) is 10.1. The fourth-order valence-electron chi connectivity index (χ4n) is 6.35. The summed E-state index contributed by atoms with van der Waals surface area (Å²) in [5.74, 6) is 3.09. The zero-order valence-corrected chi connectivity index (χ0v) is 26.4. The monoisotopic (exact) mass is 609 g/mol. The number of benzene rings is 2. The second-order valence-electron chi connectivity index (χ2n) is 11.9. The maximum absolute atomic E-state index is 9.04. The first kappa shape index (κ1) is 31.5. The number of hydrogen-bond acceptors (Lipinski definition) is 9. The molecule has 5 rings (SSSR count). The Labute approximate surface area is 260 Å². The number of amidine groups is 2. The normalized spacial score (nSPS) is 22.4. The van der Waals surface area contributed by atoms with Gasteiger partial charge in [-0.3, -0.25) is 4.90 Å². The van der Waals surface area contributed by atoms with Gasteiger partial charge in [-0.1, -0.05) is 54.0 Å². The van der Waals surface area contributed by atoms with Gasteiger partial charge in [0.2, 0.25) is 0 Å². The molecule has 2 atom stereocenters. The van der Waals surface area contributed by atoms with Gasteiger partial charge in [0.05, 0.1) is 31.5 Å². The SMILES string of the molecule is CC(CCCOc1ccccc1C(N)=NO)Oc1cccc(C2(C3CCCC3)CSC(N(C)CCN3CCOCC3)=N2)c1. The molecule has 1 saturated carbocycles. The van der Waals surface area contributed by atoms with Gasteiger partial charge < -0.3 is 30.1 Å². The molecule has 0 amide bonds. The van der Waals surface area contributed by atoms with E-state index < -0.39 is 0 Å². The van der Waals surface area contributed by atoms with Crippen LogP contribution in [-0.4, -0.2) is 90.9 Å². The zero-order chi connectivity index (χ0) is 30.1. The van der Waals surface area contributed by atoms with Gasteiger partial charge in [-0.25, -0.2) is 4.99 Å². The van der Waals surface area contributed by atoms with Crippen LogP contribution in [0, 0.1) is 5.92 Å². The minimum Gasteiger partial charge on any atom is -0.493 e. The summed E-state index contributed by atoms with van der Waals surface area (Å²) in [4.78, 5) is 10.4. The van der Waals surface area contributed by atoms with Crippen LogP contribution in [0.2, 0.25) is 0 Å². The number of likely N-dealkylation sites (N-methyl/N-ethyl adjacent to an activating group) is 1. The fraction of sp³-hybridized carbons (Fsp3) is 0.576. The van der Waals surface area contributed by atoms with E-state index in [4.69, 9.17) is 30.1 Å². The van der Waals surface area contributed by atoms with Crippen LogP contribution >= 0.6 is 11.8 Å². The van der Waals surface area contributed by atoms with Crippen molar-refractivity contribution in [1.29, 1.82) is 0 Å². The Bertz CT molecular complexity index is 1250. The average Bonchev–Trinajstić information content (AvgIpc) is 3.74. The zero-order valence-electron chi connectivity index (χ0n) is 25.6. The first-order valence-corrected chi connectivity index (χ1v) is 16.7. The molecule has 0 spiro atoms. The topological polar surface area (TPSA) is 105 Å². The highest BCUT2D eigenvalue weighted by molar-refractivity contribution is 8.14. The number of ether oxygens (including phenoxy) is 3. The summed E-state index contributed by atoms with van der Waals surface area (Å²) >= 11 is 1.91. The molecule has 2 fully saturated rings. The Morgan fingerprint density at radius 1 is 1.21 bits per heavy atom. The minimum absolute atomic E-state index is 0.0314. The van der Waals surface area contributed by atoms with Crippen LogP contribution in [0.4, 0.5) is 0 Å². The standard InChI is InChI=1S/C33H47N5O4S/c1-25(9-8-20-41-30-15-6-5-14-29(30)31(34)36-39)42-28-13-7-12-27(23-28)33(26-10-3-4-11-26)24-43-32(35-33)37(2)16-17-38-18-21-40-22-19-38/h5-7,12-15,23,25-26,39H,3-4,8-11,16-22,24H2,1-2H3,(H2,34,36). The molecule has 0 aromatic heterocycles. The van der Waals surface area contributed by atoms with Crippen molar-refractivity contribution in [3.63, 3.8) is 0 Å². The lowest BCUT2D eigenvalue weighted by molar-refractivity contribution is 0.0365. The van der Waals surface area contributed by atoms with Crippen molar-refractivity contribution in [2.75, 3.05) is 58.8 Å². The number of aliphatic imine (C=N–C) groups is 1. The highest BCUT2D eigenvalue weighted by Crippen LogP contribution is 2.49. The van der Waals surface area contributed by atoms with Crippen molar-refractivity contribution in [2.45, 2.75) is 57.1 Å². The number of nitrogens with two attached hydrogens (primary N) is 1. The van der Waals surface area contributed by atoms with E-state index in [9.17, 15) is 0 Å². The first-order chi connectivity index (χ1) is 21.0. The molecule has 2 unspecified atom stereocenters. The predicted octanol–water partition coefficient (Wildman–Crippen LogP) is 5.16. The van der Waals surface area contributed by atoms with E-state index in [1.54, 1.807) is 6.07 Å². The maximum Gasteiger partial charge on any atom is 0.173 e. The molecular formula is C33H47N5O4S. The van der Waals surface area contributed by atoms with E-state index in [2.05, 4.69) is 53.2 Å². The van der Waals surface area contributed by atoms with Gasteiger partial charge in [-0.05, 0) is 68.4 Å². The second-order valence-corrected chi connectivity index (χ2v) is 12.8. The van der Waals surface area contributed by atoms with Crippen molar-refractivity contribution in [3.05, 3.63) is 59.7 Å². The lowest BCUT2D eigenvalue weighted by Crippen LogP contribution is -2.41. The molecule has 1 aliphatic carbocycles. The fourth-order valence-corrected chi connectivity index (χ4v) is 7.71. The minimum atomic E-state index is -0.201. The van der Waals surface area contributed by atoms with E-state index in [0.717, 1.165) is 68.9 Å². The maximum atomic E-state index is 9.04. The largest absolute Gasteiger partial charge is 0.493 e. The van der Waals surface area contributed by atoms with Crippen LogP contribution in [-0.2, 0) is 10.3 Å². The third-order valence-electron chi connectivity index (χ3n) is 8.88. The van der Waals surface area contributed by atoms with Crippen molar-refractivity contribution < 1.29 is 19.4 Å². The summed E-state index contributed by atoms with van der Waals surface area (Å²) in [5, 5.41) is 13.3. The Morgan fingerprint density at radius 3 is 2.79 bits per heavy atom. The Morgan fingerprint density at radius 2 is 2.00 bits per heavy atom. The molecule has 3 aliphatic rings. The van der Waals surface area contributed by atoms with Crippen molar-refractivity contribution in [2.24, 2.45) is 21.8 Å². The lowest BCUT2D eigenvalue weighted by Gasteiger charge is -2.33. The summed E-state index contributed by atoms with van der Waals surface area (Å²) in [7, 11) is 2.19. The molecule has 2 aliphatic heterocycles. The van der Waals surface area contributed by atoms with E-state index in [1.165, 1.54) is 31.2 Å². The second kappa shape index (κ2) is 15.2. The molecule has 2 aromatic carbocycles. The average molecular weight is 610 g/mol. The molecule has 2 heterocycles. The van der Waals surface area contributed by atoms with Crippen LogP contribution in [0.5, 0.6) is 11.5 Å². The molecule has 2 aromatic rings. The smallest absolute Gasteiger partial charge is 0.173 e. The van der Waals surface area contributed by atoms with E-state index in [-0.39, 0.29) is 17.5 Å². The third kappa shape index (κ3) is 7.96. The van der Waals surface area contributed by atoms with Gasteiger partial charge in [0.1, 0.15) is 17.0 Å². The Kier molecular flexibility index (Phi) is 11.1. The molecular weight excluding hydrogens is 562 g/mol. The quantitative estimate of drug-likeness (QED) is 0.106. The number of thioether (sulfide) groups is 1. The molecule has 9 nitrogen and oxygen atoms in total. The molecule has 3 N–H and O–H groups in total. The number of morpholine rings is 1. The van der Waals surface area contributed by atoms with Crippen molar-refractivity contribution in [1.82, 2.24) is 9.80 Å². The molecule has 1 saturated heterocycles. The van der Waals surface area contributed by atoms with Crippen LogP contribution in [0.15, 0.2) is 58.7 Å². The highest BCUT2D eigenvalue weighted by atomic mass is 32.2. The van der Waals surface area contributed by atoms with Gasteiger partial charge in [0.15, 0.2) is 11.0 Å². The number of oxime groups is 1. The van der Waals surface area contributed by atoms with E-state index >= 15 is 0 Å². The molecule has 43 heavy (non-hydrogen) atoms. The van der Waals surface area contributed by atoms with E-state index in [0.29, 0.717) is 23.8 Å². The van der Waals surface area contributed by atoms with E-state index in [1.807, 2.05) is 30.0 Å². The van der Waals surface area contributed by atoms with Gasteiger partial charge >= 0.3 is 0 Å². The number of hydrogen-bond donors (Lipinski definition) is 2. The summed E-state index contributed by atoms with van der Waals surface area (Å²) < 4.78 is 17.9. The predicted molar refractivity (Wildman–Crippen MR) is 174 cm³/mol. The summed E-state index contributed by atoms with van der Waals surface area (Å²) in [6.07, 6.45) is 6.73. The number of rotatable bonds is 13. The summed E-state index contributed by atoms with van der Waals surface area (Å²) in [5.41, 5.74) is 7.44. The lowest BCUT2D eigenvalue weighted by atomic mass is 9.79. The number of nitrogens with zero attached hydrogens (tertiary/aromatic N) is 4. The Hall–Kier alpha value is -2.95. The van der Waals surface area contributed by atoms with Gasteiger partial charge in [0.25, 0.3) is 0 Å². The van der Waals surface area contributed by atoms with Crippen LogP contribution in [0.1, 0.15) is 56.6 Å². The summed E-state index contributed by atoms with van der Waals surface area (Å²) in [6.45, 7) is 8.34. The molecule has 10 heteroatoms. The molecule has 0 radical (unpaired) electrons. The van der Waals surface area contributed by atoms with Gasteiger partial charge in [-0.15, -0.1) is 0 Å². The van der Waals surface area contributed by atoms with Gasteiger partial charge in [0, 0.05) is 39.0 Å². The number of para-hydroxylation sites is 1.